The first-order chi connectivity index (χ1) is 8.22. The molecule has 0 bridgehead atoms. The SMILES string of the molecule is Cc1cccnc1C(Cc1nccn1C)NN. The Labute approximate surface area is 101 Å². The van der Waals surface area contributed by atoms with Crippen LogP contribution in [0.25, 0.3) is 0 Å². The number of nitrogens with zero attached hydrogens (tertiary/aromatic N) is 3. The van der Waals surface area contributed by atoms with Crippen molar-refractivity contribution >= 4 is 0 Å². The molecule has 2 aromatic heterocycles. The number of hydrogen-bond donors (Lipinski definition) is 2. The van der Waals surface area contributed by atoms with Crippen molar-refractivity contribution in [1.29, 1.82) is 0 Å². The van der Waals surface area contributed by atoms with Crippen molar-refractivity contribution in [3.05, 3.63) is 47.8 Å². The van der Waals surface area contributed by atoms with Crippen LogP contribution in [0.4, 0.5) is 0 Å². The van der Waals surface area contributed by atoms with Crippen LogP contribution in [0.3, 0.4) is 0 Å². The normalized spacial score (nSPS) is 12.6. The van der Waals surface area contributed by atoms with Gasteiger partial charge in [-0.1, -0.05) is 6.07 Å². The molecule has 0 aromatic carbocycles. The van der Waals surface area contributed by atoms with Gasteiger partial charge in [-0.15, -0.1) is 0 Å². The van der Waals surface area contributed by atoms with Crippen molar-refractivity contribution in [2.45, 2.75) is 19.4 Å². The summed E-state index contributed by atoms with van der Waals surface area (Å²) in [5.41, 5.74) is 4.91. The van der Waals surface area contributed by atoms with Crippen LogP contribution in [0.2, 0.25) is 0 Å². The van der Waals surface area contributed by atoms with Crippen LogP contribution in [0.5, 0.6) is 0 Å². The summed E-state index contributed by atoms with van der Waals surface area (Å²) in [6.07, 6.45) is 6.21. The number of hydrazine groups is 1. The Balaban J connectivity index is 2.23. The molecule has 0 saturated heterocycles. The lowest BCUT2D eigenvalue weighted by atomic mass is 10.1. The van der Waals surface area contributed by atoms with Crippen molar-refractivity contribution in [1.82, 2.24) is 20.0 Å². The van der Waals surface area contributed by atoms with E-state index >= 15 is 0 Å². The van der Waals surface area contributed by atoms with Crippen molar-refractivity contribution < 1.29 is 0 Å². The average Bonchev–Trinajstić information content (AvgIpc) is 2.73. The van der Waals surface area contributed by atoms with E-state index in [-0.39, 0.29) is 6.04 Å². The Bertz CT molecular complexity index is 491. The second-order valence-corrected chi connectivity index (χ2v) is 4.08. The van der Waals surface area contributed by atoms with Crippen LogP contribution in [0.15, 0.2) is 30.7 Å². The molecule has 1 unspecified atom stereocenters. The minimum atomic E-state index is -0.0164. The highest BCUT2D eigenvalue weighted by molar-refractivity contribution is 5.22. The van der Waals surface area contributed by atoms with Gasteiger partial charge in [-0.05, 0) is 18.6 Å². The third kappa shape index (κ3) is 2.51. The first kappa shape index (κ1) is 11.8. The van der Waals surface area contributed by atoms with Crippen LogP contribution >= 0.6 is 0 Å². The van der Waals surface area contributed by atoms with E-state index in [1.165, 1.54) is 0 Å². The molecule has 3 N–H and O–H groups in total. The van der Waals surface area contributed by atoms with Crippen LogP contribution in [-0.2, 0) is 13.5 Å². The van der Waals surface area contributed by atoms with E-state index in [0.717, 1.165) is 23.5 Å². The van der Waals surface area contributed by atoms with Crippen LogP contribution < -0.4 is 11.3 Å². The maximum absolute atomic E-state index is 5.61. The van der Waals surface area contributed by atoms with E-state index in [4.69, 9.17) is 5.84 Å². The number of nitrogens with two attached hydrogens (primary N) is 1. The predicted molar refractivity (Wildman–Crippen MR) is 66.0 cm³/mol. The molecule has 0 aliphatic carbocycles. The molecule has 0 spiro atoms. The second-order valence-electron chi connectivity index (χ2n) is 4.08. The topological polar surface area (TPSA) is 68.8 Å². The van der Waals surface area contributed by atoms with Gasteiger partial charge < -0.3 is 4.57 Å². The van der Waals surface area contributed by atoms with Gasteiger partial charge in [-0.25, -0.2) is 4.98 Å². The van der Waals surface area contributed by atoms with Gasteiger partial charge in [0.2, 0.25) is 0 Å². The Morgan fingerprint density at radius 3 is 2.82 bits per heavy atom. The standard InChI is InChI=1S/C12H17N5/c1-9-4-3-5-15-12(9)10(16-13)8-11-14-6-7-17(11)2/h3-7,10,16H,8,13H2,1-2H3. The number of imidazole rings is 1. The molecule has 0 fully saturated rings. The Kier molecular flexibility index (Phi) is 3.51. The molecule has 1 atom stereocenters. The molecule has 5 heteroatoms. The number of pyridine rings is 1. The summed E-state index contributed by atoms with van der Waals surface area (Å²) in [7, 11) is 1.97. The molecule has 0 aliphatic heterocycles. The third-order valence-corrected chi connectivity index (χ3v) is 2.89. The predicted octanol–water partition coefficient (Wildman–Crippen LogP) is 0.871. The highest BCUT2D eigenvalue weighted by atomic mass is 15.2. The molecular weight excluding hydrogens is 214 g/mol. The van der Waals surface area contributed by atoms with Crippen LogP contribution in [-0.4, -0.2) is 14.5 Å². The molecule has 2 heterocycles. The van der Waals surface area contributed by atoms with E-state index in [1.54, 1.807) is 12.4 Å². The van der Waals surface area contributed by atoms with Gasteiger partial charge in [0.05, 0.1) is 11.7 Å². The summed E-state index contributed by atoms with van der Waals surface area (Å²) < 4.78 is 1.99. The summed E-state index contributed by atoms with van der Waals surface area (Å²) in [5, 5.41) is 0. The Morgan fingerprint density at radius 2 is 2.24 bits per heavy atom. The van der Waals surface area contributed by atoms with Crippen molar-refractivity contribution in [2.24, 2.45) is 12.9 Å². The van der Waals surface area contributed by atoms with E-state index in [0.29, 0.717) is 0 Å². The fraction of sp³-hybridized carbons (Fsp3) is 0.333. The Hall–Kier alpha value is -1.72. The highest BCUT2D eigenvalue weighted by Crippen LogP contribution is 2.17. The lowest BCUT2D eigenvalue weighted by molar-refractivity contribution is 0.516. The molecule has 17 heavy (non-hydrogen) atoms. The highest BCUT2D eigenvalue weighted by Gasteiger charge is 2.16. The zero-order valence-electron chi connectivity index (χ0n) is 10.1. The number of aromatic nitrogens is 3. The number of hydrogen-bond acceptors (Lipinski definition) is 4. The molecule has 2 rings (SSSR count). The minimum Gasteiger partial charge on any atom is -0.338 e. The van der Waals surface area contributed by atoms with Crippen LogP contribution in [0, 0.1) is 6.92 Å². The molecule has 2 aromatic rings. The fourth-order valence-electron chi connectivity index (χ4n) is 1.87. The summed E-state index contributed by atoms with van der Waals surface area (Å²) in [5.74, 6) is 6.60. The number of rotatable bonds is 4. The molecule has 0 aliphatic rings. The maximum Gasteiger partial charge on any atom is 0.110 e. The quantitative estimate of drug-likeness (QED) is 0.605. The van der Waals surface area contributed by atoms with E-state index < -0.39 is 0 Å². The Morgan fingerprint density at radius 1 is 1.41 bits per heavy atom. The van der Waals surface area contributed by atoms with E-state index in [1.807, 2.05) is 36.9 Å². The smallest absolute Gasteiger partial charge is 0.110 e. The molecule has 0 amide bonds. The van der Waals surface area contributed by atoms with Gasteiger partial charge in [-0.3, -0.25) is 16.3 Å². The van der Waals surface area contributed by atoms with Crippen molar-refractivity contribution in [2.75, 3.05) is 0 Å². The number of nitrogens with one attached hydrogen (secondary N) is 1. The fourth-order valence-corrected chi connectivity index (χ4v) is 1.87. The molecule has 0 saturated carbocycles. The van der Waals surface area contributed by atoms with E-state index in [9.17, 15) is 0 Å². The second kappa shape index (κ2) is 5.07. The van der Waals surface area contributed by atoms with Gasteiger partial charge in [0.25, 0.3) is 0 Å². The molecular formula is C12H17N5. The van der Waals surface area contributed by atoms with E-state index in [2.05, 4.69) is 15.4 Å². The van der Waals surface area contributed by atoms with Crippen LogP contribution in [0.1, 0.15) is 23.1 Å². The third-order valence-electron chi connectivity index (χ3n) is 2.89. The zero-order valence-corrected chi connectivity index (χ0v) is 10.1. The van der Waals surface area contributed by atoms with Crippen molar-refractivity contribution in [3.63, 3.8) is 0 Å². The lowest BCUT2D eigenvalue weighted by Gasteiger charge is -2.16. The summed E-state index contributed by atoms with van der Waals surface area (Å²) in [4.78, 5) is 8.68. The monoisotopic (exact) mass is 231 g/mol. The maximum atomic E-state index is 5.61. The van der Waals surface area contributed by atoms with Gasteiger partial charge in [0.1, 0.15) is 5.82 Å². The molecule has 90 valence electrons. The average molecular weight is 231 g/mol. The minimum absolute atomic E-state index is 0.0164. The first-order valence-electron chi connectivity index (χ1n) is 5.56. The largest absolute Gasteiger partial charge is 0.338 e. The van der Waals surface area contributed by atoms with Gasteiger partial charge in [-0.2, -0.15) is 0 Å². The van der Waals surface area contributed by atoms with Gasteiger partial charge >= 0.3 is 0 Å². The zero-order chi connectivity index (χ0) is 12.3. The van der Waals surface area contributed by atoms with Gasteiger partial charge in [0.15, 0.2) is 0 Å². The van der Waals surface area contributed by atoms with Crippen molar-refractivity contribution in [3.8, 4) is 0 Å². The summed E-state index contributed by atoms with van der Waals surface area (Å²) in [6, 6.07) is 3.94. The molecule has 0 radical (unpaired) electrons. The summed E-state index contributed by atoms with van der Waals surface area (Å²) in [6.45, 7) is 2.03. The summed E-state index contributed by atoms with van der Waals surface area (Å²) >= 11 is 0. The number of aryl methyl sites for hydroxylation is 2. The molecule has 5 nitrogen and oxygen atoms in total. The first-order valence-corrected chi connectivity index (χ1v) is 5.56. The van der Waals surface area contributed by atoms with Gasteiger partial charge in [0, 0.05) is 32.1 Å². The lowest BCUT2D eigenvalue weighted by Crippen LogP contribution is -2.31.